The van der Waals surface area contributed by atoms with Gasteiger partial charge in [0.2, 0.25) is 0 Å². The fourth-order valence-electron chi connectivity index (χ4n) is 4.27. The Bertz CT molecular complexity index is 1520. The van der Waals surface area contributed by atoms with Crippen molar-refractivity contribution in [2.24, 2.45) is 0 Å². The number of carbonyl (C=O) groups excluding carboxylic acids is 2. The van der Waals surface area contributed by atoms with Crippen molar-refractivity contribution < 1.29 is 19.1 Å². The highest BCUT2D eigenvalue weighted by molar-refractivity contribution is 6.03. The van der Waals surface area contributed by atoms with Crippen molar-refractivity contribution in [1.29, 1.82) is 0 Å². The van der Waals surface area contributed by atoms with Crippen LogP contribution in [-0.2, 0) is 16.0 Å². The minimum atomic E-state index is -0.688. The molecule has 208 valence electrons. The smallest absolute Gasteiger partial charge is 0.419 e. The highest BCUT2D eigenvalue weighted by Gasteiger charge is 2.27. The third-order valence-electron chi connectivity index (χ3n) is 5.80. The summed E-state index contributed by atoms with van der Waals surface area (Å²) < 4.78 is 14.3. The van der Waals surface area contributed by atoms with Gasteiger partial charge in [-0.1, -0.05) is 11.6 Å². The second-order valence-corrected chi connectivity index (χ2v) is 11.6. The van der Waals surface area contributed by atoms with Crippen LogP contribution in [0.2, 0.25) is 0 Å². The summed E-state index contributed by atoms with van der Waals surface area (Å²) in [7, 11) is 0. The van der Waals surface area contributed by atoms with Crippen LogP contribution in [0.25, 0.3) is 33.3 Å². The van der Waals surface area contributed by atoms with Crippen LogP contribution in [0.4, 0.5) is 15.4 Å². The molecule has 4 rings (SSSR count). The molecule has 1 amide bonds. The number of nitrogen functional groups attached to an aromatic ring is 1. The minimum absolute atomic E-state index is 0.269. The third kappa shape index (κ3) is 6.47. The van der Waals surface area contributed by atoms with E-state index >= 15 is 0 Å². The summed E-state index contributed by atoms with van der Waals surface area (Å²) in [4.78, 5) is 34.0. The zero-order valence-corrected chi connectivity index (χ0v) is 23.7. The summed E-state index contributed by atoms with van der Waals surface area (Å²) >= 11 is 0. The maximum atomic E-state index is 13.4. The van der Waals surface area contributed by atoms with E-state index in [-0.39, 0.29) is 5.82 Å². The van der Waals surface area contributed by atoms with Crippen LogP contribution in [0.3, 0.4) is 0 Å². The van der Waals surface area contributed by atoms with Crippen LogP contribution in [0.1, 0.15) is 59.9 Å². The Hall–Kier alpha value is -4.15. The molecule has 3 heterocycles. The molecule has 0 aliphatic carbocycles. The number of hydrogen-bond donors (Lipinski definition) is 2. The van der Waals surface area contributed by atoms with Crippen molar-refractivity contribution >= 4 is 39.9 Å². The first-order valence-corrected chi connectivity index (χ1v) is 13.0. The van der Waals surface area contributed by atoms with Crippen LogP contribution in [0.5, 0.6) is 0 Å². The average Bonchev–Trinajstić information content (AvgIpc) is 3.35. The van der Waals surface area contributed by atoms with Gasteiger partial charge in [-0.3, -0.25) is 0 Å². The fourth-order valence-corrected chi connectivity index (χ4v) is 4.27. The molecule has 0 bridgehead atoms. The van der Waals surface area contributed by atoms with Crippen LogP contribution in [-0.4, -0.2) is 54.2 Å². The minimum Gasteiger partial charge on any atom is -0.444 e. The van der Waals surface area contributed by atoms with Gasteiger partial charge in [-0.15, -0.1) is 0 Å². The first-order chi connectivity index (χ1) is 18.2. The molecule has 1 aromatic carbocycles. The van der Waals surface area contributed by atoms with Gasteiger partial charge in [0.25, 0.3) is 0 Å². The Morgan fingerprint density at radius 2 is 1.72 bits per heavy atom. The van der Waals surface area contributed by atoms with E-state index in [4.69, 9.17) is 20.3 Å². The Kier molecular flexibility index (Phi) is 7.54. The van der Waals surface area contributed by atoms with E-state index in [2.05, 4.69) is 15.3 Å². The fraction of sp³-hybridized carbons (Fsp3) is 0.464. The lowest BCUT2D eigenvalue weighted by atomic mass is 10.1. The zero-order valence-electron chi connectivity index (χ0n) is 23.7. The predicted octanol–water partition coefficient (Wildman–Crippen LogP) is 5.43. The molecule has 0 spiro atoms. The Morgan fingerprint density at radius 1 is 1.00 bits per heavy atom. The quantitative estimate of drug-likeness (QED) is 0.312. The van der Waals surface area contributed by atoms with E-state index in [0.717, 1.165) is 10.9 Å². The van der Waals surface area contributed by atoms with Crippen molar-refractivity contribution in [3.63, 3.8) is 0 Å². The zero-order chi connectivity index (χ0) is 28.5. The summed E-state index contributed by atoms with van der Waals surface area (Å²) in [5.74, 6) is 0.269. The van der Waals surface area contributed by atoms with Gasteiger partial charge in [-0.25, -0.2) is 28.8 Å². The molecular weight excluding hydrogens is 498 g/mol. The number of alkyl carbamates (subject to hydrolysis) is 1. The lowest BCUT2D eigenvalue weighted by molar-refractivity contribution is 0.0521. The highest BCUT2D eigenvalue weighted by Crippen LogP contribution is 2.35. The molecule has 0 saturated heterocycles. The van der Waals surface area contributed by atoms with E-state index in [0.29, 0.717) is 53.9 Å². The standard InChI is InChI=1S/C28H37N7O4/c1-17-10-11-19-18(14-17)15-20(35(19)26(37)39-28(5,6)7)22-21-23(29)31-16-32-24(21)34(33-22)13-9-8-12-30-25(36)38-27(2,3)4/h10-11,14-16H,8-9,12-13H2,1-7H3,(H,30,36)(H2,29,31,32). The molecule has 0 aliphatic heterocycles. The molecule has 0 saturated carbocycles. The maximum Gasteiger partial charge on any atom is 0.419 e. The van der Waals surface area contributed by atoms with Crippen molar-refractivity contribution in [2.45, 2.75) is 79.1 Å². The number of nitrogens with zero attached hydrogens (tertiary/aromatic N) is 5. The highest BCUT2D eigenvalue weighted by atomic mass is 16.6. The van der Waals surface area contributed by atoms with Crippen molar-refractivity contribution in [2.75, 3.05) is 12.3 Å². The molecule has 3 N–H and O–H groups in total. The monoisotopic (exact) mass is 535 g/mol. The van der Waals surface area contributed by atoms with Gasteiger partial charge in [-0.05, 0) is 79.5 Å². The third-order valence-corrected chi connectivity index (χ3v) is 5.80. The van der Waals surface area contributed by atoms with E-state index in [1.54, 1.807) is 4.68 Å². The number of amides is 1. The summed E-state index contributed by atoms with van der Waals surface area (Å²) in [5, 5.41) is 9.06. The number of nitrogens with two attached hydrogens (primary N) is 1. The van der Waals surface area contributed by atoms with Crippen LogP contribution < -0.4 is 11.1 Å². The molecule has 0 unspecified atom stereocenters. The number of aromatic nitrogens is 5. The number of hydrogen-bond acceptors (Lipinski definition) is 8. The molecule has 11 heteroatoms. The SMILES string of the molecule is Cc1ccc2c(c1)cc(-c1nn(CCCCNC(=O)OC(C)(C)C)c3ncnc(N)c13)n2C(=O)OC(C)(C)C. The van der Waals surface area contributed by atoms with Crippen LogP contribution in [0, 0.1) is 6.92 Å². The summed E-state index contributed by atoms with van der Waals surface area (Å²) in [6.45, 7) is 13.9. The average molecular weight is 536 g/mol. The number of unbranched alkanes of at least 4 members (excludes halogenated alkanes) is 1. The molecule has 11 nitrogen and oxygen atoms in total. The Labute approximate surface area is 227 Å². The van der Waals surface area contributed by atoms with E-state index in [9.17, 15) is 9.59 Å². The predicted molar refractivity (Wildman–Crippen MR) is 151 cm³/mol. The van der Waals surface area contributed by atoms with Gasteiger partial charge >= 0.3 is 12.2 Å². The summed E-state index contributed by atoms with van der Waals surface area (Å²) in [5.41, 5.74) is 8.46. The number of carbonyl (C=O) groups is 2. The topological polar surface area (TPSA) is 139 Å². The number of benzene rings is 1. The first-order valence-electron chi connectivity index (χ1n) is 13.0. The van der Waals surface area contributed by atoms with Crippen LogP contribution >= 0.6 is 0 Å². The lowest BCUT2D eigenvalue weighted by Gasteiger charge is -2.20. The van der Waals surface area contributed by atoms with E-state index < -0.39 is 23.4 Å². The normalized spacial score (nSPS) is 12.2. The second-order valence-electron chi connectivity index (χ2n) is 11.6. The number of nitrogens with one attached hydrogen (secondary N) is 1. The number of anilines is 1. The number of aryl methyl sites for hydroxylation is 2. The van der Waals surface area contributed by atoms with Crippen LogP contribution in [0.15, 0.2) is 30.6 Å². The molecule has 0 fully saturated rings. The lowest BCUT2D eigenvalue weighted by Crippen LogP contribution is -2.33. The van der Waals surface area contributed by atoms with Gasteiger partial charge in [-0.2, -0.15) is 5.10 Å². The summed E-state index contributed by atoms with van der Waals surface area (Å²) in [6.07, 6.45) is 1.86. The van der Waals surface area contributed by atoms with Crippen molar-refractivity contribution in [3.05, 3.63) is 36.2 Å². The number of rotatable bonds is 6. The van der Waals surface area contributed by atoms with E-state index in [1.165, 1.54) is 10.9 Å². The molecule has 0 aliphatic rings. The van der Waals surface area contributed by atoms with Gasteiger partial charge in [0.15, 0.2) is 5.65 Å². The maximum absolute atomic E-state index is 13.4. The summed E-state index contributed by atoms with van der Waals surface area (Å²) in [6, 6.07) is 7.77. The molecule has 4 aromatic rings. The van der Waals surface area contributed by atoms with Crippen molar-refractivity contribution in [1.82, 2.24) is 29.6 Å². The number of ether oxygens (including phenoxy) is 2. The Balaban J connectivity index is 1.67. The molecule has 3 aromatic heterocycles. The van der Waals surface area contributed by atoms with Gasteiger partial charge in [0.1, 0.15) is 29.0 Å². The van der Waals surface area contributed by atoms with Crippen molar-refractivity contribution in [3.8, 4) is 11.4 Å². The number of fused-ring (bicyclic) bond motifs is 2. The largest absolute Gasteiger partial charge is 0.444 e. The molecule has 0 atom stereocenters. The molecule has 39 heavy (non-hydrogen) atoms. The van der Waals surface area contributed by atoms with E-state index in [1.807, 2.05) is 72.7 Å². The first kappa shape index (κ1) is 27.9. The van der Waals surface area contributed by atoms with Gasteiger partial charge in [0, 0.05) is 18.5 Å². The second kappa shape index (κ2) is 10.5. The molecule has 0 radical (unpaired) electrons. The van der Waals surface area contributed by atoms with Gasteiger partial charge < -0.3 is 20.5 Å². The Morgan fingerprint density at radius 3 is 2.41 bits per heavy atom. The molecular formula is C28H37N7O4. The van der Waals surface area contributed by atoms with Gasteiger partial charge in [0.05, 0.1) is 16.6 Å².